The molecule has 0 saturated heterocycles. The number of ether oxygens (including phenoxy) is 2. The van der Waals surface area contributed by atoms with Crippen LogP contribution >= 0.6 is 34.8 Å². The van der Waals surface area contributed by atoms with Gasteiger partial charge in [0.05, 0.1) is 13.2 Å². The predicted molar refractivity (Wildman–Crippen MR) is 79.9 cm³/mol. The van der Waals surface area contributed by atoms with E-state index in [0.29, 0.717) is 13.2 Å². The normalized spacial score (nSPS) is 11.4. The van der Waals surface area contributed by atoms with Crippen molar-refractivity contribution >= 4 is 34.8 Å². The van der Waals surface area contributed by atoms with E-state index >= 15 is 0 Å². The van der Waals surface area contributed by atoms with Crippen molar-refractivity contribution in [2.24, 2.45) is 0 Å². The van der Waals surface area contributed by atoms with Crippen molar-refractivity contribution in [3.8, 4) is 12.0 Å². The maximum atomic E-state index is 5.79. The fraction of sp³-hybridized carbons (Fsp3) is 0.750. The molecule has 20 heavy (non-hydrogen) atoms. The van der Waals surface area contributed by atoms with Gasteiger partial charge in [-0.15, -0.1) is 4.98 Å². The van der Waals surface area contributed by atoms with Crippen molar-refractivity contribution in [2.75, 3.05) is 13.2 Å². The molecule has 1 rings (SSSR count). The van der Waals surface area contributed by atoms with E-state index in [1.54, 1.807) is 0 Å². The van der Waals surface area contributed by atoms with Crippen LogP contribution in [0.15, 0.2) is 0 Å². The van der Waals surface area contributed by atoms with Crippen molar-refractivity contribution in [3.05, 3.63) is 5.82 Å². The number of alkyl halides is 3. The number of nitrogens with zero attached hydrogens (tertiary/aromatic N) is 3. The molecule has 0 aliphatic heterocycles. The molecule has 0 bridgehead atoms. The van der Waals surface area contributed by atoms with Gasteiger partial charge < -0.3 is 9.47 Å². The lowest BCUT2D eigenvalue weighted by molar-refractivity contribution is 0.253. The van der Waals surface area contributed by atoms with E-state index in [2.05, 4.69) is 28.8 Å². The average Bonchev–Trinajstić information content (AvgIpc) is 2.38. The molecule has 1 heterocycles. The van der Waals surface area contributed by atoms with Crippen LogP contribution in [0.2, 0.25) is 0 Å². The van der Waals surface area contributed by atoms with Crippen LogP contribution in [-0.2, 0) is 3.79 Å². The fourth-order valence-corrected chi connectivity index (χ4v) is 1.46. The number of halogens is 3. The predicted octanol–water partition coefficient (Wildman–Crippen LogP) is 4.06. The van der Waals surface area contributed by atoms with Crippen LogP contribution in [0.3, 0.4) is 0 Å². The standard InChI is InChI=1S/C12H18Cl3N3O2/c1-3-5-7-19-10-16-9(12(13,14)15)17-11(18-10)20-8-6-4-2/h3-8H2,1-2H3. The molecule has 0 unspecified atom stereocenters. The Morgan fingerprint density at radius 1 is 0.850 bits per heavy atom. The molecular weight excluding hydrogens is 325 g/mol. The Morgan fingerprint density at radius 2 is 1.30 bits per heavy atom. The van der Waals surface area contributed by atoms with Gasteiger partial charge in [-0.05, 0) is 12.8 Å². The highest BCUT2D eigenvalue weighted by Gasteiger charge is 2.29. The van der Waals surface area contributed by atoms with Crippen LogP contribution in [-0.4, -0.2) is 28.2 Å². The quantitative estimate of drug-likeness (QED) is 0.527. The Hall–Kier alpha value is -0.520. The molecule has 0 radical (unpaired) electrons. The molecule has 114 valence electrons. The maximum Gasteiger partial charge on any atom is 0.323 e. The second-order valence-corrected chi connectivity index (χ2v) is 6.41. The van der Waals surface area contributed by atoms with Gasteiger partial charge in [0.1, 0.15) is 0 Å². The van der Waals surface area contributed by atoms with Gasteiger partial charge in [0.25, 0.3) is 0 Å². The Kier molecular flexibility index (Phi) is 7.62. The van der Waals surface area contributed by atoms with E-state index in [1.807, 2.05) is 0 Å². The van der Waals surface area contributed by atoms with E-state index in [-0.39, 0.29) is 17.8 Å². The molecular formula is C12H18Cl3N3O2. The van der Waals surface area contributed by atoms with Gasteiger partial charge in [0.2, 0.25) is 3.79 Å². The lowest BCUT2D eigenvalue weighted by Gasteiger charge is -2.12. The minimum absolute atomic E-state index is 0.00417. The summed E-state index contributed by atoms with van der Waals surface area (Å²) in [5.74, 6) is -0.00417. The molecule has 0 aliphatic rings. The maximum absolute atomic E-state index is 5.79. The highest BCUT2D eigenvalue weighted by molar-refractivity contribution is 6.66. The molecule has 0 atom stereocenters. The van der Waals surface area contributed by atoms with Gasteiger partial charge in [0.15, 0.2) is 5.82 Å². The molecule has 0 saturated carbocycles. The first-order valence-corrected chi connectivity index (χ1v) is 7.69. The van der Waals surface area contributed by atoms with E-state index in [9.17, 15) is 0 Å². The minimum Gasteiger partial charge on any atom is -0.463 e. The van der Waals surface area contributed by atoms with Crippen LogP contribution in [0.5, 0.6) is 12.0 Å². The zero-order chi connectivity index (χ0) is 15.0. The third-order valence-electron chi connectivity index (χ3n) is 2.31. The Bertz CT molecular complexity index is 385. The number of hydrogen-bond donors (Lipinski definition) is 0. The summed E-state index contributed by atoms with van der Waals surface area (Å²) in [6.07, 6.45) is 3.78. The Morgan fingerprint density at radius 3 is 1.65 bits per heavy atom. The molecule has 0 N–H and O–H groups in total. The Balaban J connectivity index is 2.84. The molecule has 0 spiro atoms. The first-order chi connectivity index (χ1) is 9.47. The number of hydrogen-bond acceptors (Lipinski definition) is 5. The summed E-state index contributed by atoms with van der Waals surface area (Å²) >= 11 is 17.4. The summed E-state index contributed by atoms with van der Waals surface area (Å²) in [4.78, 5) is 12.0. The lowest BCUT2D eigenvalue weighted by Crippen LogP contribution is -2.13. The summed E-state index contributed by atoms with van der Waals surface area (Å²) in [7, 11) is 0. The Labute approximate surface area is 134 Å². The lowest BCUT2D eigenvalue weighted by atomic mass is 10.4. The van der Waals surface area contributed by atoms with Crippen LogP contribution in [0, 0.1) is 0 Å². The van der Waals surface area contributed by atoms with Crippen molar-refractivity contribution in [2.45, 2.75) is 43.3 Å². The monoisotopic (exact) mass is 341 g/mol. The summed E-state index contributed by atoms with van der Waals surface area (Å²) in [5.41, 5.74) is 0. The highest BCUT2D eigenvalue weighted by atomic mass is 35.6. The SMILES string of the molecule is CCCCOc1nc(OCCCC)nc(C(Cl)(Cl)Cl)n1. The smallest absolute Gasteiger partial charge is 0.323 e. The first kappa shape index (κ1) is 17.5. The zero-order valence-corrected chi connectivity index (χ0v) is 13.8. The largest absolute Gasteiger partial charge is 0.463 e. The van der Waals surface area contributed by atoms with Crippen LogP contribution in [0.4, 0.5) is 0 Å². The summed E-state index contributed by atoms with van der Waals surface area (Å²) < 4.78 is 9.08. The van der Waals surface area contributed by atoms with Gasteiger partial charge in [-0.25, -0.2) is 0 Å². The van der Waals surface area contributed by atoms with Crippen molar-refractivity contribution < 1.29 is 9.47 Å². The van der Waals surface area contributed by atoms with Gasteiger partial charge in [-0.2, -0.15) is 9.97 Å². The van der Waals surface area contributed by atoms with Crippen molar-refractivity contribution in [1.82, 2.24) is 15.0 Å². The van der Waals surface area contributed by atoms with Gasteiger partial charge >= 0.3 is 12.0 Å². The number of aromatic nitrogens is 3. The van der Waals surface area contributed by atoms with E-state index < -0.39 is 3.79 Å². The number of rotatable bonds is 8. The molecule has 0 fully saturated rings. The third-order valence-corrected chi connectivity index (χ3v) is 2.81. The summed E-state index contributed by atoms with van der Waals surface area (Å²) in [6, 6.07) is 0.225. The third kappa shape index (κ3) is 6.29. The van der Waals surface area contributed by atoms with Gasteiger partial charge in [-0.3, -0.25) is 0 Å². The van der Waals surface area contributed by atoms with Crippen LogP contribution in [0.1, 0.15) is 45.4 Å². The van der Waals surface area contributed by atoms with Gasteiger partial charge in [0, 0.05) is 0 Å². The summed E-state index contributed by atoms with van der Waals surface area (Å²) in [6.45, 7) is 5.11. The highest BCUT2D eigenvalue weighted by Crippen LogP contribution is 2.36. The van der Waals surface area contributed by atoms with E-state index in [4.69, 9.17) is 44.3 Å². The second-order valence-electron chi connectivity index (χ2n) is 4.13. The molecule has 0 aliphatic carbocycles. The van der Waals surface area contributed by atoms with Crippen molar-refractivity contribution in [3.63, 3.8) is 0 Å². The fourth-order valence-electron chi connectivity index (χ4n) is 1.21. The molecule has 8 heteroatoms. The zero-order valence-electron chi connectivity index (χ0n) is 11.5. The van der Waals surface area contributed by atoms with Gasteiger partial charge in [-0.1, -0.05) is 61.5 Å². The molecule has 0 amide bonds. The second kappa shape index (κ2) is 8.70. The molecule has 1 aromatic heterocycles. The summed E-state index contributed by atoms with van der Waals surface area (Å²) in [5, 5.41) is 0. The first-order valence-electron chi connectivity index (χ1n) is 6.56. The van der Waals surface area contributed by atoms with E-state index in [1.165, 1.54) is 0 Å². The molecule has 0 aromatic carbocycles. The number of unbranched alkanes of at least 4 members (excludes halogenated alkanes) is 2. The van der Waals surface area contributed by atoms with Crippen LogP contribution in [0.25, 0.3) is 0 Å². The molecule has 1 aromatic rings. The van der Waals surface area contributed by atoms with E-state index in [0.717, 1.165) is 25.7 Å². The van der Waals surface area contributed by atoms with Crippen LogP contribution < -0.4 is 9.47 Å². The average molecular weight is 343 g/mol. The minimum atomic E-state index is -1.74. The molecule has 5 nitrogen and oxygen atoms in total. The topological polar surface area (TPSA) is 57.1 Å². The van der Waals surface area contributed by atoms with Crippen molar-refractivity contribution in [1.29, 1.82) is 0 Å².